The van der Waals surface area contributed by atoms with E-state index in [9.17, 15) is 18.0 Å². The third-order valence-electron chi connectivity index (χ3n) is 3.72. The summed E-state index contributed by atoms with van der Waals surface area (Å²) in [6, 6.07) is 4.46. The Balaban J connectivity index is 2.59. The molecule has 0 saturated carbocycles. The lowest BCUT2D eigenvalue weighted by atomic mass is 10.2. The van der Waals surface area contributed by atoms with Crippen molar-refractivity contribution in [2.24, 2.45) is 0 Å². The van der Waals surface area contributed by atoms with Gasteiger partial charge in [0.25, 0.3) is 10.0 Å². The van der Waals surface area contributed by atoms with Crippen molar-refractivity contribution in [1.82, 2.24) is 0 Å². The first kappa shape index (κ1) is 21.5. The molecule has 0 radical (unpaired) electrons. The van der Waals surface area contributed by atoms with E-state index in [4.69, 9.17) is 9.47 Å². The fourth-order valence-corrected chi connectivity index (χ4v) is 5.16. The van der Waals surface area contributed by atoms with E-state index >= 15 is 0 Å². The standard InChI is InChI=1S/C17H19NO8S2/c1-9-13(15(19)25-4)17(27-14(9)16(20)26-5)28(21,22)18-10-6-11(23-2)8-12(7-10)24-3/h6-8,18H,1-5H3. The molecule has 0 unspecified atom stereocenters. The summed E-state index contributed by atoms with van der Waals surface area (Å²) in [5, 5.41) is 0. The lowest BCUT2D eigenvalue weighted by molar-refractivity contribution is 0.0596. The number of ether oxygens (including phenoxy) is 4. The van der Waals surface area contributed by atoms with Gasteiger partial charge in [0.15, 0.2) is 4.21 Å². The van der Waals surface area contributed by atoms with Crippen LogP contribution >= 0.6 is 11.3 Å². The molecule has 0 saturated heterocycles. The van der Waals surface area contributed by atoms with Crippen LogP contribution in [0, 0.1) is 6.92 Å². The Morgan fingerprint density at radius 3 is 1.93 bits per heavy atom. The van der Waals surface area contributed by atoms with Gasteiger partial charge in [-0.25, -0.2) is 18.0 Å². The topological polar surface area (TPSA) is 117 Å². The molecule has 0 fully saturated rings. The van der Waals surface area contributed by atoms with E-state index < -0.39 is 22.0 Å². The predicted molar refractivity (Wildman–Crippen MR) is 102 cm³/mol. The van der Waals surface area contributed by atoms with Gasteiger partial charge in [0.1, 0.15) is 16.4 Å². The van der Waals surface area contributed by atoms with Crippen molar-refractivity contribution >= 4 is 39.0 Å². The Morgan fingerprint density at radius 1 is 0.929 bits per heavy atom. The highest BCUT2D eigenvalue weighted by Crippen LogP contribution is 2.35. The van der Waals surface area contributed by atoms with Crippen molar-refractivity contribution in [2.75, 3.05) is 33.2 Å². The maximum atomic E-state index is 13.0. The molecule has 0 atom stereocenters. The van der Waals surface area contributed by atoms with E-state index in [2.05, 4.69) is 14.2 Å². The third kappa shape index (κ3) is 4.20. The smallest absolute Gasteiger partial charge is 0.348 e. The lowest BCUT2D eigenvalue weighted by Gasteiger charge is -2.11. The molecular weight excluding hydrogens is 410 g/mol. The maximum absolute atomic E-state index is 13.0. The van der Waals surface area contributed by atoms with Crippen LogP contribution in [0.25, 0.3) is 0 Å². The van der Waals surface area contributed by atoms with Gasteiger partial charge < -0.3 is 18.9 Å². The number of anilines is 1. The average molecular weight is 429 g/mol. The van der Waals surface area contributed by atoms with Crippen LogP contribution < -0.4 is 14.2 Å². The second-order valence-electron chi connectivity index (χ2n) is 5.41. The molecule has 2 rings (SSSR count). The van der Waals surface area contributed by atoms with Gasteiger partial charge in [-0.2, -0.15) is 0 Å². The van der Waals surface area contributed by atoms with Crippen LogP contribution in [0.5, 0.6) is 11.5 Å². The quantitative estimate of drug-likeness (QED) is 0.667. The molecule has 0 aliphatic carbocycles. The minimum absolute atomic E-state index is 0.00787. The van der Waals surface area contributed by atoms with Crippen molar-refractivity contribution in [1.29, 1.82) is 0 Å². The summed E-state index contributed by atoms with van der Waals surface area (Å²) in [5.74, 6) is -0.907. The molecule has 0 spiro atoms. The van der Waals surface area contributed by atoms with E-state index in [1.165, 1.54) is 33.3 Å². The monoisotopic (exact) mass is 429 g/mol. The van der Waals surface area contributed by atoms with Crippen molar-refractivity contribution in [3.8, 4) is 11.5 Å². The molecule has 152 valence electrons. The summed E-state index contributed by atoms with van der Waals surface area (Å²) in [5.41, 5.74) is 0.0836. The van der Waals surface area contributed by atoms with Crippen LogP contribution in [0.3, 0.4) is 0 Å². The summed E-state index contributed by atoms with van der Waals surface area (Å²) in [4.78, 5) is 24.1. The first-order valence-electron chi connectivity index (χ1n) is 7.74. The van der Waals surface area contributed by atoms with E-state index in [-0.39, 0.29) is 25.9 Å². The average Bonchev–Trinajstić information content (AvgIpc) is 3.04. The van der Waals surface area contributed by atoms with Crippen LogP contribution in [0.4, 0.5) is 5.69 Å². The third-order valence-corrected chi connectivity index (χ3v) is 6.89. The minimum Gasteiger partial charge on any atom is -0.497 e. The summed E-state index contributed by atoms with van der Waals surface area (Å²) < 4.78 is 47.5. The number of benzene rings is 1. The molecule has 0 amide bonds. The molecule has 1 N–H and O–H groups in total. The highest BCUT2D eigenvalue weighted by atomic mass is 32.2. The highest BCUT2D eigenvalue weighted by Gasteiger charge is 2.32. The molecule has 1 aromatic carbocycles. The zero-order valence-corrected chi connectivity index (χ0v) is 17.4. The first-order chi connectivity index (χ1) is 13.2. The molecule has 2 aromatic rings. The highest BCUT2D eigenvalue weighted by molar-refractivity contribution is 7.94. The van der Waals surface area contributed by atoms with E-state index in [1.54, 1.807) is 6.07 Å². The number of sulfonamides is 1. The van der Waals surface area contributed by atoms with Gasteiger partial charge in [0.05, 0.1) is 39.7 Å². The molecule has 0 aliphatic heterocycles. The normalized spacial score (nSPS) is 10.9. The molecular formula is C17H19NO8S2. The van der Waals surface area contributed by atoms with Crippen LogP contribution in [-0.4, -0.2) is 48.8 Å². The fraction of sp³-hybridized carbons (Fsp3) is 0.294. The molecule has 1 heterocycles. The second-order valence-corrected chi connectivity index (χ2v) is 8.31. The molecule has 0 aliphatic rings. The summed E-state index contributed by atoms with van der Waals surface area (Å²) in [6.45, 7) is 1.45. The number of thiophene rings is 1. The van der Waals surface area contributed by atoms with Gasteiger partial charge in [0.2, 0.25) is 0 Å². The molecule has 1 aromatic heterocycles. The van der Waals surface area contributed by atoms with Crippen molar-refractivity contribution in [3.05, 3.63) is 34.2 Å². The number of esters is 2. The first-order valence-corrected chi connectivity index (χ1v) is 10.0. The molecule has 11 heteroatoms. The zero-order chi connectivity index (χ0) is 21.1. The number of hydrogen-bond acceptors (Lipinski definition) is 9. The zero-order valence-electron chi connectivity index (χ0n) is 15.8. The van der Waals surface area contributed by atoms with Crippen LogP contribution in [-0.2, 0) is 19.5 Å². The van der Waals surface area contributed by atoms with Crippen LogP contribution in [0.1, 0.15) is 25.6 Å². The fourth-order valence-electron chi connectivity index (χ4n) is 2.37. The van der Waals surface area contributed by atoms with Gasteiger partial charge in [-0.3, -0.25) is 4.72 Å². The molecule has 9 nitrogen and oxygen atoms in total. The Kier molecular flexibility index (Phi) is 6.52. The van der Waals surface area contributed by atoms with Gasteiger partial charge in [-0.05, 0) is 12.5 Å². The Labute approximate surface area is 166 Å². The second kappa shape index (κ2) is 8.48. The number of methoxy groups -OCH3 is 4. The minimum atomic E-state index is -4.24. The summed E-state index contributed by atoms with van der Waals surface area (Å²) in [7, 11) is 0.885. The predicted octanol–water partition coefficient (Wildman–Crippen LogP) is 2.45. The van der Waals surface area contributed by atoms with E-state index in [0.717, 1.165) is 14.2 Å². The summed E-state index contributed by atoms with van der Waals surface area (Å²) >= 11 is 0.620. The number of nitrogens with one attached hydrogen (secondary N) is 1. The van der Waals surface area contributed by atoms with Gasteiger partial charge in [0, 0.05) is 18.2 Å². The van der Waals surface area contributed by atoms with E-state index in [1.807, 2.05) is 0 Å². The van der Waals surface area contributed by atoms with Crippen molar-refractivity contribution < 1.29 is 37.0 Å². The maximum Gasteiger partial charge on any atom is 0.348 e. The number of rotatable bonds is 7. The number of carbonyl (C=O) groups excluding carboxylic acids is 2. The largest absolute Gasteiger partial charge is 0.497 e. The van der Waals surface area contributed by atoms with Crippen LogP contribution in [0.2, 0.25) is 0 Å². The summed E-state index contributed by atoms with van der Waals surface area (Å²) in [6.07, 6.45) is 0. The Morgan fingerprint density at radius 2 is 1.46 bits per heavy atom. The van der Waals surface area contributed by atoms with Crippen molar-refractivity contribution in [2.45, 2.75) is 11.1 Å². The van der Waals surface area contributed by atoms with Crippen molar-refractivity contribution in [3.63, 3.8) is 0 Å². The van der Waals surface area contributed by atoms with E-state index in [0.29, 0.717) is 22.8 Å². The number of hydrogen-bond donors (Lipinski definition) is 1. The van der Waals surface area contributed by atoms with Gasteiger partial charge in [-0.15, -0.1) is 11.3 Å². The lowest BCUT2D eigenvalue weighted by Crippen LogP contribution is -2.16. The van der Waals surface area contributed by atoms with Gasteiger partial charge in [-0.1, -0.05) is 0 Å². The molecule has 0 bridgehead atoms. The Hall–Kier alpha value is -2.79. The Bertz CT molecular complexity index is 988. The number of carbonyl (C=O) groups is 2. The SMILES string of the molecule is COC(=O)c1sc(S(=O)(=O)Nc2cc(OC)cc(OC)c2)c(C(=O)OC)c1C. The van der Waals surface area contributed by atoms with Crippen LogP contribution in [0.15, 0.2) is 22.4 Å². The molecule has 28 heavy (non-hydrogen) atoms. The van der Waals surface area contributed by atoms with Gasteiger partial charge >= 0.3 is 11.9 Å².